The highest BCUT2D eigenvalue weighted by molar-refractivity contribution is 9.10. The van der Waals surface area contributed by atoms with Crippen molar-refractivity contribution in [2.24, 2.45) is 0 Å². The van der Waals surface area contributed by atoms with Crippen molar-refractivity contribution < 1.29 is 61.8 Å². The van der Waals surface area contributed by atoms with Gasteiger partial charge >= 0.3 is 0 Å². The molecule has 2 aromatic heterocycles. The van der Waals surface area contributed by atoms with Crippen LogP contribution in [0.15, 0.2) is 86.5 Å². The highest BCUT2D eigenvalue weighted by atomic mass is 79.9. The first-order valence-corrected chi connectivity index (χ1v) is 17.6. The number of furan rings is 2. The van der Waals surface area contributed by atoms with Crippen molar-refractivity contribution in [2.75, 3.05) is 49.3 Å². The van der Waals surface area contributed by atoms with Gasteiger partial charge in [0.2, 0.25) is 11.5 Å². The van der Waals surface area contributed by atoms with E-state index in [4.69, 9.17) is 42.0 Å². The monoisotopic (exact) mass is 830 g/mol. The number of phenols is 2. The maximum absolute atomic E-state index is 12.9. The van der Waals surface area contributed by atoms with E-state index < -0.39 is 11.6 Å². The first-order chi connectivity index (χ1) is 27.1. The number of allylic oxidation sites excluding steroid dienone is 2. The van der Waals surface area contributed by atoms with Crippen LogP contribution in [0, 0.1) is 0 Å². The molecule has 4 aromatic carbocycles. The van der Waals surface area contributed by atoms with Crippen LogP contribution in [0.4, 0.5) is 0 Å². The van der Waals surface area contributed by atoms with E-state index in [0.717, 1.165) is 10.0 Å². The van der Waals surface area contributed by atoms with Gasteiger partial charge in [-0.25, -0.2) is 0 Å². The topological polar surface area (TPSA) is 165 Å². The van der Waals surface area contributed by atoms with E-state index in [1.165, 1.54) is 67.3 Å². The first-order valence-electron chi connectivity index (χ1n) is 16.8. The quantitative estimate of drug-likeness (QED) is 0.0789. The summed E-state index contributed by atoms with van der Waals surface area (Å²) >= 11 is 3.41. The summed E-state index contributed by atoms with van der Waals surface area (Å²) in [4.78, 5) is 25.9. The number of halogens is 1. The second kappa shape index (κ2) is 18.2. The lowest BCUT2D eigenvalue weighted by Crippen LogP contribution is -2.02. The van der Waals surface area contributed by atoms with Crippen molar-refractivity contribution in [3.8, 4) is 51.7 Å². The molecule has 0 saturated heterocycles. The Hall–Kier alpha value is -6.54. The lowest BCUT2D eigenvalue weighted by molar-refractivity contribution is 0.103. The molecular weight excluding hydrogens is 792 g/mol. The fourth-order valence-electron chi connectivity index (χ4n) is 5.99. The molecule has 0 atom stereocenters. The highest BCUT2D eigenvalue weighted by Crippen LogP contribution is 2.47. The van der Waals surface area contributed by atoms with Crippen molar-refractivity contribution >= 4 is 61.6 Å². The van der Waals surface area contributed by atoms with E-state index in [1.807, 2.05) is 25.1 Å². The van der Waals surface area contributed by atoms with Gasteiger partial charge in [0.05, 0.1) is 72.6 Å². The van der Waals surface area contributed by atoms with E-state index in [0.29, 0.717) is 51.4 Å². The Kier molecular flexibility index (Phi) is 13.2. The van der Waals surface area contributed by atoms with E-state index in [9.17, 15) is 19.8 Å². The lowest BCUT2D eigenvalue weighted by Gasteiger charge is -2.13. The molecule has 2 heterocycles. The summed E-state index contributed by atoms with van der Waals surface area (Å²) in [6, 6.07) is 14.1. The number of methoxy groups -OCH3 is 6. The summed E-state index contributed by atoms with van der Waals surface area (Å²) in [5, 5.41) is 22.3. The Labute approximate surface area is 330 Å². The van der Waals surface area contributed by atoms with Crippen LogP contribution < -0.4 is 33.2 Å². The van der Waals surface area contributed by atoms with Crippen LogP contribution in [0.5, 0.6) is 51.7 Å². The predicted molar refractivity (Wildman–Crippen MR) is 214 cm³/mol. The molecule has 0 aliphatic carbocycles. The van der Waals surface area contributed by atoms with Gasteiger partial charge in [0.25, 0.3) is 0 Å². The molecule has 13 nitrogen and oxygen atoms in total. The highest BCUT2D eigenvalue weighted by Gasteiger charge is 2.28. The number of fused-ring (bicyclic) bond motifs is 2. The third-order valence-electron chi connectivity index (χ3n) is 8.43. The van der Waals surface area contributed by atoms with Crippen molar-refractivity contribution in [1.82, 2.24) is 0 Å². The molecule has 0 radical (unpaired) electrons. The number of aromatic hydroxyl groups is 2. The van der Waals surface area contributed by atoms with Gasteiger partial charge in [0.1, 0.15) is 28.4 Å². The average Bonchev–Trinajstić information content (AvgIpc) is 3.90. The summed E-state index contributed by atoms with van der Waals surface area (Å²) in [6.45, 7) is 2.38. The number of hydrogen-bond acceptors (Lipinski definition) is 13. The third-order valence-corrected chi connectivity index (χ3v) is 8.93. The summed E-state index contributed by atoms with van der Waals surface area (Å²) in [6.07, 6.45) is 8.75. The first kappa shape index (κ1) is 40.6. The minimum absolute atomic E-state index is 0.00235. The van der Waals surface area contributed by atoms with Gasteiger partial charge in [-0.2, -0.15) is 0 Å². The van der Waals surface area contributed by atoms with Crippen molar-refractivity contribution in [3.05, 3.63) is 99.9 Å². The van der Waals surface area contributed by atoms with Crippen molar-refractivity contribution in [2.45, 2.75) is 6.92 Å². The molecule has 0 bridgehead atoms. The molecule has 0 aliphatic rings. The largest absolute Gasteiger partial charge is 0.504 e. The predicted octanol–water partition coefficient (Wildman–Crippen LogP) is 9.28. The van der Waals surface area contributed by atoms with Crippen LogP contribution in [0.3, 0.4) is 0 Å². The van der Waals surface area contributed by atoms with Gasteiger partial charge in [0.15, 0.2) is 45.7 Å². The summed E-state index contributed by atoms with van der Waals surface area (Å²) < 4.78 is 49.0. The summed E-state index contributed by atoms with van der Waals surface area (Å²) in [5.41, 5.74) is 1.95. The second-order valence-electron chi connectivity index (χ2n) is 11.5. The Balaban J connectivity index is 0.000000214. The molecule has 0 aliphatic heterocycles. The standard InChI is InChI=1S/C21H19BrO6.C21H20O7/c1-4-27-16-8-6-13(22)11-12(16)5-7-15(23)17-18(24)21(26-3)20-14(9-10-28-20)19(17)25-2;1-24-15-7-5-6-12(18(15)25-2)8-9-14(22)16-17(23)21(27-4)20-13(10-11-28-20)19(16)26-3/h5-11,24H,4H2,1-3H3;5-11,23H,1-4H3/b7-5+;9-8+. The average molecular weight is 832 g/mol. The SMILES string of the molecule is CCOc1ccc(Br)cc1/C=C/C(=O)c1c(O)c(OC)c2occc2c1OC.COc1cccc(/C=C/C(=O)c2c(O)c(OC)c3occc3c2OC)c1OC. The van der Waals surface area contributed by atoms with Crippen LogP contribution in [-0.2, 0) is 0 Å². The van der Waals surface area contributed by atoms with Crippen LogP contribution in [0.2, 0.25) is 0 Å². The number of carbonyl (C=O) groups is 2. The van der Waals surface area contributed by atoms with E-state index in [2.05, 4.69) is 15.9 Å². The molecule has 0 spiro atoms. The Morgan fingerprint density at radius 1 is 0.625 bits per heavy atom. The molecule has 6 aromatic rings. The maximum atomic E-state index is 12.9. The maximum Gasteiger partial charge on any atom is 0.205 e. The molecule has 292 valence electrons. The Morgan fingerprint density at radius 2 is 1.12 bits per heavy atom. The third kappa shape index (κ3) is 7.96. The van der Waals surface area contributed by atoms with Gasteiger partial charge < -0.3 is 52.2 Å². The molecule has 56 heavy (non-hydrogen) atoms. The smallest absolute Gasteiger partial charge is 0.205 e. The van der Waals surface area contributed by atoms with E-state index in [-0.39, 0.29) is 45.6 Å². The zero-order chi connectivity index (χ0) is 40.5. The fourth-order valence-corrected chi connectivity index (χ4v) is 6.37. The number of ketones is 2. The summed E-state index contributed by atoms with van der Waals surface area (Å²) in [7, 11) is 8.67. The minimum atomic E-state index is -0.472. The zero-order valence-electron chi connectivity index (χ0n) is 31.6. The molecule has 0 saturated carbocycles. The van der Waals surface area contributed by atoms with E-state index in [1.54, 1.807) is 42.5 Å². The molecule has 14 heteroatoms. The molecular formula is C42H39BrO13. The Morgan fingerprint density at radius 3 is 1.59 bits per heavy atom. The number of benzene rings is 4. The van der Waals surface area contributed by atoms with Gasteiger partial charge in [-0.3, -0.25) is 9.59 Å². The number of phenolic OH excluding ortho intramolecular Hbond substituents is 2. The van der Waals surface area contributed by atoms with Gasteiger partial charge in [-0.1, -0.05) is 28.1 Å². The normalized spacial score (nSPS) is 11.1. The number of hydrogen-bond donors (Lipinski definition) is 2. The molecule has 0 amide bonds. The number of carbonyl (C=O) groups excluding carboxylic acids is 2. The van der Waals surface area contributed by atoms with Crippen LogP contribution in [0.25, 0.3) is 34.1 Å². The van der Waals surface area contributed by atoms with Gasteiger partial charge in [-0.05, 0) is 67.6 Å². The lowest BCUT2D eigenvalue weighted by atomic mass is 10.0. The van der Waals surface area contributed by atoms with Gasteiger partial charge in [0, 0.05) is 15.6 Å². The number of para-hydroxylation sites is 1. The van der Waals surface area contributed by atoms with E-state index >= 15 is 0 Å². The van der Waals surface area contributed by atoms with Crippen LogP contribution in [-0.4, -0.2) is 71.0 Å². The van der Waals surface area contributed by atoms with Crippen molar-refractivity contribution in [3.63, 3.8) is 0 Å². The minimum Gasteiger partial charge on any atom is -0.504 e. The molecule has 0 unspecified atom stereocenters. The van der Waals surface area contributed by atoms with Crippen LogP contribution >= 0.6 is 15.9 Å². The molecule has 2 N–H and O–H groups in total. The molecule has 0 fully saturated rings. The number of rotatable bonds is 14. The van der Waals surface area contributed by atoms with Gasteiger partial charge in [-0.15, -0.1) is 0 Å². The number of ether oxygens (including phenoxy) is 7. The zero-order valence-corrected chi connectivity index (χ0v) is 33.1. The second-order valence-corrected chi connectivity index (χ2v) is 12.4. The fraction of sp³-hybridized carbons (Fsp3) is 0.190. The Bertz CT molecular complexity index is 2440. The van der Waals surface area contributed by atoms with Crippen molar-refractivity contribution in [1.29, 1.82) is 0 Å². The summed E-state index contributed by atoms with van der Waals surface area (Å²) in [5.74, 6) is 0.640. The molecule has 6 rings (SSSR count). The van der Waals surface area contributed by atoms with Crippen LogP contribution in [0.1, 0.15) is 38.8 Å².